The van der Waals surface area contributed by atoms with E-state index in [0.29, 0.717) is 22.9 Å². The summed E-state index contributed by atoms with van der Waals surface area (Å²) in [5.41, 5.74) is 3.68. The van der Waals surface area contributed by atoms with Gasteiger partial charge in [0.05, 0.1) is 26.5 Å². The van der Waals surface area contributed by atoms with Gasteiger partial charge in [-0.2, -0.15) is 5.10 Å². The maximum atomic E-state index is 12.2. The molecule has 0 saturated carbocycles. The van der Waals surface area contributed by atoms with E-state index in [2.05, 4.69) is 10.5 Å². The highest BCUT2D eigenvalue weighted by Gasteiger charge is 2.19. The fraction of sp³-hybridized carbons (Fsp3) is 0.238. The van der Waals surface area contributed by atoms with Gasteiger partial charge >= 0.3 is 0 Å². The van der Waals surface area contributed by atoms with Crippen LogP contribution in [0.3, 0.4) is 0 Å². The van der Waals surface area contributed by atoms with Gasteiger partial charge in [-0.25, -0.2) is 5.84 Å². The molecular formula is C21H24N4O5. The summed E-state index contributed by atoms with van der Waals surface area (Å²) in [5.74, 6) is 6.57. The average Bonchev–Trinajstić information content (AvgIpc) is 3.21. The Morgan fingerprint density at radius 1 is 1.13 bits per heavy atom. The number of para-hydroxylation sites is 2. The molecule has 3 rings (SSSR count). The van der Waals surface area contributed by atoms with Crippen molar-refractivity contribution in [1.29, 1.82) is 0 Å². The summed E-state index contributed by atoms with van der Waals surface area (Å²) in [7, 11) is 3.13. The number of nitrogens with two attached hydrogens (primary N) is 1. The van der Waals surface area contributed by atoms with Crippen molar-refractivity contribution in [2.45, 2.75) is 12.6 Å². The van der Waals surface area contributed by atoms with E-state index in [4.69, 9.17) is 20.1 Å². The molecule has 3 aromatic rings. The first-order chi connectivity index (χ1) is 14.5. The van der Waals surface area contributed by atoms with E-state index in [1.54, 1.807) is 44.6 Å². The van der Waals surface area contributed by atoms with Crippen molar-refractivity contribution >= 4 is 5.91 Å². The number of hydrazine groups is 1. The summed E-state index contributed by atoms with van der Waals surface area (Å²) in [6.45, 7) is 0.0237. The maximum Gasteiger partial charge on any atom is 0.283 e. The first-order valence-corrected chi connectivity index (χ1v) is 9.22. The molecule has 1 atom stereocenters. The van der Waals surface area contributed by atoms with Crippen LogP contribution in [0.1, 0.15) is 10.5 Å². The maximum absolute atomic E-state index is 12.2. The minimum atomic E-state index is -0.928. The number of nitrogen functional groups attached to an aromatic ring is 1. The van der Waals surface area contributed by atoms with Gasteiger partial charge in [-0.15, -0.1) is 0 Å². The number of hydrogen-bond acceptors (Lipinski definition) is 7. The normalized spacial score (nSPS) is 11.6. The summed E-state index contributed by atoms with van der Waals surface area (Å²) in [5, 5.41) is 14.9. The van der Waals surface area contributed by atoms with Gasteiger partial charge in [-0.3, -0.25) is 14.9 Å². The van der Waals surface area contributed by atoms with Crippen molar-refractivity contribution in [1.82, 2.24) is 15.2 Å². The molecule has 9 heteroatoms. The van der Waals surface area contributed by atoms with Gasteiger partial charge in [0.15, 0.2) is 11.5 Å². The molecule has 1 heterocycles. The lowest BCUT2D eigenvalue weighted by Crippen LogP contribution is -2.33. The lowest BCUT2D eigenvalue weighted by Gasteiger charge is -2.15. The molecule has 0 fully saturated rings. The molecule has 4 N–H and O–H groups in total. The van der Waals surface area contributed by atoms with Crippen molar-refractivity contribution in [3.8, 4) is 28.5 Å². The van der Waals surface area contributed by atoms with Gasteiger partial charge in [0, 0.05) is 5.56 Å². The number of nitrogens with zero attached hydrogens (tertiary/aromatic N) is 2. The number of ether oxygens (including phenoxy) is 3. The van der Waals surface area contributed by atoms with Crippen LogP contribution in [0.25, 0.3) is 11.3 Å². The van der Waals surface area contributed by atoms with Gasteiger partial charge in [0.25, 0.3) is 5.91 Å². The number of amides is 1. The van der Waals surface area contributed by atoms with E-state index >= 15 is 0 Å². The lowest BCUT2D eigenvalue weighted by atomic mass is 10.1. The number of benzene rings is 2. The van der Waals surface area contributed by atoms with Crippen molar-refractivity contribution in [3.63, 3.8) is 0 Å². The predicted octanol–water partition coefficient (Wildman–Crippen LogP) is 1.61. The minimum Gasteiger partial charge on any atom is -0.497 e. The molecule has 9 nitrogen and oxygen atoms in total. The fourth-order valence-corrected chi connectivity index (χ4v) is 2.89. The Morgan fingerprint density at radius 2 is 1.83 bits per heavy atom. The number of carbonyl (C=O) groups excluding carboxylic acids is 1. The first-order valence-electron chi connectivity index (χ1n) is 9.22. The van der Waals surface area contributed by atoms with Crippen molar-refractivity contribution < 1.29 is 24.1 Å². The SMILES string of the molecule is COc1ccc(-c2cc(C(=O)NN)n(CC(O)COc3ccccc3OC)n2)cc1. The molecule has 0 radical (unpaired) electrons. The summed E-state index contributed by atoms with van der Waals surface area (Å²) in [4.78, 5) is 12.2. The molecule has 0 aliphatic carbocycles. The number of methoxy groups -OCH3 is 2. The molecule has 30 heavy (non-hydrogen) atoms. The minimum absolute atomic E-state index is 0.0121. The first kappa shape index (κ1) is 21.2. The van der Waals surface area contributed by atoms with E-state index in [9.17, 15) is 9.90 Å². The highest BCUT2D eigenvalue weighted by atomic mass is 16.5. The number of nitrogens with one attached hydrogen (secondary N) is 1. The summed E-state index contributed by atoms with van der Waals surface area (Å²) < 4.78 is 17.4. The molecule has 0 aliphatic heterocycles. The predicted molar refractivity (Wildman–Crippen MR) is 110 cm³/mol. The van der Waals surface area contributed by atoms with Gasteiger partial charge < -0.3 is 19.3 Å². The Kier molecular flexibility index (Phi) is 6.89. The largest absolute Gasteiger partial charge is 0.497 e. The summed E-state index contributed by atoms with van der Waals surface area (Å²) in [6, 6.07) is 16.0. The Labute approximate surface area is 173 Å². The van der Waals surface area contributed by atoms with Gasteiger partial charge in [-0.1, -0.05) is 12.1 Å². The van der Waals surface area contributed by atoms with Crippen molar-refractivity contribution in [3.05, 3.63) is 60.3 Å². The highest BCUT2D eigenvalue weighted by Crippen LogP contribution is 2.26. The smallest absolute Gasteiger partial charge is 0.283 e. The quantitative estimate of drug-likeness (QED) is 0.277. The molecule has 0 bridgehead atoms. The van der Waals surface area contributed by atoms with Crippen LogP contribution in [0.2, 0.25) is 0 Å². The van der Waals surface area contributed by atoms with Crippen LogP contribution in [0.4, 0.5) is 0 Å². The Bertz CT molecular complexity index is 987. The Balaban J connectivity index is 1.76. The number of aliphatic hydroxyl groups is 1. The Morgan fingerprint density at radius 3 is 2.47 bits per heavy atom. The van der Waals surface area contributed by atoms with Crippen molar-refractivity contribution in [2.24, 2.45) is 5.84 Å². The number of hydrogen-bond donors (Lipinski definition) is 3. The molecule has 1 amide bonds. The number of aliphatic hydroxyl groups excluding tert-OH is 1. The summed E-state index contributed by atoms with van der Waals surface area (Å²) >= 11 is 0. The standard InChI is InChI=1S/C21H24N4O5/c1-28-16-9-7-14(8-10-16)17-11-18(21(27)23-22)25(24-17)12-15(26)13-30-20-6-4-3-5-19(20)29-2/h3-11,15,26H,12-13,22H2,1-2H3,(H,23,27). The number of rotatable bonds is 9. The van der Waals surface area contributed by atoms with E-state index in [1.165, 1.54) is 4.68 Å². The van der Waals surface area contributed by atoms with Gasteiger partial charge in [0.1, 0.15) is 24.2 Å². The Hall–Kier alpha value is -3.56. The molecule has 1 aromatic heterocycles. The monoisotopic (exact) mass is 412 g/mol. The van der Waals surface area contributed by atoms with E-state index in [-0.39, 0.29) is 18.8 Å². The zero-order valence-corrected chi connectivity index (χ0v) is 16.7. The molecule has 158 valence electrons. The third-order valence-corrected chi connectivity index (χ3v) is 4.41. The molecule has 0 aliphatic rings. The van der Waals surface area contributed by atoms with E-state index in [0.717, 1.165) is 5.56 Å². The molecule has 0 spiro atoms. The number of aromatic nitrogens is 2. The number of carbonyl (C=O) groups is 1. The topological polar surface area (TPSA) is 121 Å². The van der Waals surface area contributed by atoms with E-state index in [1.807, 2.05) is 24.3 Å². The van der Waals surface area contributed by atoms with Crippen LogP contribution in [-0.2, 0) is 6.54 Å². The molecular weight excluding hydrogens is 388 g/mol. The third-order valence-electron chi connectivity index (χ3n) is 4.41. The lowest BCUT2D eigenvalue weighted by molar-refractivity contribution is 0.0836. The van der Waals surface area contributed by atoms with Crippen LogP contribution in [0, 0.1) is 0 Å². The molecule has 1 unspecified atom stereocenters. The fourth-order valence-electron chi connectivity index (χ4n) is 2.89. The second kappa shape index (κ2) is 9.77. The van der Waals surface area contributed by atoms with Crippen LogP contribution >= 0.6 is 0 Å². The highest BCUT2D eigenvalue weighted by molar-refractivity contribution is 5.93. The second-order valence-electron chi connectivity index (χ2n) is 6.41. The zero-order valence-electron chi connectivity index (χ0n) is 16.7. The third kappa shape index (κ3) is 4.88. The van der Waals surface area contributed by atoms with E-state index < -0.39 is 12.0 Å². The molecule has 2 aromatic carbocycles. The van der Waals surface area contributed by atoms with Crippen LogP contribution < -0.4 is 25.5 Å². The average molecular weight is 412 g/mol. The van der Waals surface area contributed by atoms with Gasteiger partial charge in [0.2, 0.25) is 0 Å². The van der Waals surface area contributed by atoms with Gasteiger partial charge in [-0.05, 0) is 42.5 Å². The summed E-state index contributed by atoms with van der Waals surface area (Å²) in [6.07, 6.45) is -0.928. The zero-order chi connectivity index (χ0) is 21.5. The molecule has 0 saturated heterocycles. The van der Waals surface area contributed by atoms with Crippen LogP contribution in [0.15, 0.2) is 54.6 Å². The van der Waals surface area contributed by atoms with Crippen LogP contribution in [0.5, 0.6) is 17.2 Å². The van der Waals surface area contributed by atoms with Crippen LogP contribution in [-0.4, -0.2) is 47.7 Å². The second-order valence-corrected chi connectivity index (χ2v) is 6.41. The van der Waals surface area contributed by atoms with Crippen molar-refractivity contribution in [2.75, 3.05) is 20.8 Å².